The van der Waals surface area contributed by atoms with E-state index in [4.69, 9.17) is 16.3 Å². The highest BCUT2D eigenvalue weighted by Crippen LogP contribution is 2.29. The summed E-state index contributed by atoms with van der Waals surface area (Å²) in [6.45, 7) is 0. The fourth-order valence-corrected chi connectivity index (χ4v) is 2.42. The number of nitrogens with one attached hydrogen (secondary N) is 1. The van der Waals surface area contributed by atoms with Gasteiger partial charge >= 0.3 is 0 Å². The van der Waals surface area contributed by atoms with E-state index in [1.165, 1.54) is 0 Å². The average Bonchev–Trinajstić information content (AvgIpc) is 2.46. The fourth-order valence-electron chi connectivity index (χ4n) is 2.21. The lowest BCUT2D eigenvalue weighted by atomic mass is 9.98. The Balaban J connectivity index is 2.28. The van der Waals surface area contributed by atoms with Gasteiger partial charge < -0.3 is 10.1 Å². The van der Waals surface area contributed by atoms with Crippen LogP contribution in [-0.2, 0) is 6.42 Å². The van der Waals surface area contributed by atoms with E-state index < -0.39 is 0 Å². The molecule has 0 aliphatic heterocycles. The lowest BCUT2D eigenvalue weighted by Crippen LogP contribution is -2.19. The summed E-state index contributed by atoms with van der Waals surface area (Å²) in [5.74, 6) is 0.897. The van der Waals surface area contributed by atoms with Crippen LogP contribution in [0.4, 0.5) is 0 Å². The van der Waals surface area contributed by atoms with Crippen molar-refractivity contribution in [3.05, 3.63) is 64.7 Å². The maximum Gasteiger partial charge on any atom is 0.123 e. The second-order valence-electron chi connectivity index (χ2n) is 4.38. The monoisotopic (exact) mass is 275 g/mol. The number of rotatable bonds is 5. The molecule has 0 fully saturated rings. The third-order valence-corrected chi connectivity index (χ3v) is 3.61. The lowest BCUT2D eigenvalue weighted by molar-refractivity contribution is 0.401. The molecular formula is C16H18ClNO. The number of hydrogen-bond donors (Lipinski definition) is 1. The van der Waals surface area contributed by atoms with Crippen molar-refractivity contribution in [1.29, 1.82) is 0 Å². The van der Waals surface area contributed by atoms with Gasteiger partial charge in [-0.25, -0.2) is 0 Å². The highest BCUT2D eigenvalue weighted by atomic mass is 35.5. The summed E-state index contributed by atoms with van der Waals surface area (Å²) in [5, 5.41) is 4.13. The molecule has 0 bridgehead atoms. The van der Waals surface area contributed by atoms with E-state index in [1.807, 2.05) is 43.4 Å². The highest BCUT2D eigenvalue weighted by molar-refractivity contribution is 6.31. The van der Waals surface area contributed by atoms with Crippen LogP contribution in [0.5, 0.6) is 5.75 Å². The molecule has 1 atom stereocenters. The van der Waals surface area contributed by atoms with Gasteiger partial charge in [0.05, 0.1) is 7.11 Å². The van der Waals surface area contributed by atoms with Crippen LogP contribution in [0.25, 0.3) is 0 Å². The molecule has 0 spiro atoms. The van der Waals surface area contributed by atoms with Crippen molar-refractivity contribution in [2.24, 2.45) is 0 Å². The Labute approximate surface area is 119 Å². The van der Waals surface area contributed by atoms with Gasteiger partial charge in [0, 0.05) is 16.6 Å². The summed E-state index contributed by atoms with van der Waals surface area (Å²) in [4.78, 5) is 0. The third kappa shape index (κ3) is 3.28. The van der Waals surface area contributed by atoms with Crippen molar-refractivity contribution in [3.8, 4) is 5.75 Å². The standard InChI is InChI=1S/C16H18ClNO/c1-18-15(11-12-7-3-5-9-14(12)17)13-8-4-6-10-16(13)19-2/h3-10,15,18H,11H2,1-2H3. The average molecular weight is 276 g/mol. The number of ether oxygens (including phenoxy) is 1. The van der Waals surface area contributed by atoms with Crippen LogP contribution >= 0.6 is 11.6 Å². The minimum atomic E-state index is 0.177. The van der Waals surface area contributed by atoms with Crippen molar-refractivity contribution in [3.63, 3.8) is 0 Å². The van der Waals surface area contributed by atoms with Gasteiger partial charge in [-0.05, 0) is 31.2 Å². The summed E-state index contributed by atoms with van der Waals surface area (Å²) in [6.07, 6.45) is 0.830. The van der Waals surface area contributed by atoms with Gasteiger partial charge in [0.25, 0.3) is 0 Å². The topological polar surface area (TPSA) is 21.3 Å². The number of para-hydroxylation sites is 1. The van der Waals surface area contributed by atoms with Crippen LogP contribution in [0.2, 0.25) is 5.02 Å². The Bertz CT molecular complexity index is 542. The Kier molecular flexibility index (Phi) is 4.83. The van der Waals surface area contributed by atoms with E-state index in [0.29, 0.717) is 0 Å². The molecule has 1 unspecified atom stereocenters. The maximum absolute atomic E-state index is 6.23. The Morgan fingerprint density at radius 2 is 1.79 bits per heavy atom. The number of hydrogen-bond acceptors (Lipinski definition) is 2. The Hall–Kier alpha value is -1.51. The molecule has 1 N–H and O–H groups in total. The number of benzene rings is 2. The van der Waals surface area contributed by atoms with Gasteiger partial charge in [-0.2, -0.15) is 0 Å². The van der Waals surface area contributed by atoms with Crippen LogP contribution in [0.15, 0.2) is 48.5 Å². The molecule has 0 amide bonds. The van der Waals surface area contributed by atoms with Crippen LogP contribution in [-0.4, -0.2) is 14.2 Å². The second kappa shape index (κ2) is 6.60. The first-order chi connectivity index (χ1) is 9.26. The summed E-state index contributed by atoms with van der Waals surface area (Å²) >= 11 is 6.23. The molecule has 0 aliphatic rings. The van der Waals surface area contributed by atoms with E-state index in [0.717, 1.165) is 28.3 Å². The molecule has 100 valence electrons. The summed E-state index contributed by atoms with van der Waals surface area (Å²) in [5.41, 5.74) is 2.28. The van der Waals surface area contributed by atoms with Crippen molar-refractivity contribution >= 4 is 11.6 Å². The molecule has 0 saturated carbocycles. The highest BCUT2D eigenvalue weighted by Gasteiger charge is 2.15. The van der Waals surface area contributed by atoms with Gasteiger partial charge in [-0.15, -0.1) is 0 Å². The molecule has 0 radical (unpaired) electrons. The number of likely N-dealkylation sites (N-methyl/N-ethyl adjacent to an activating group) is 1. The molecule has 19 heavy (non-hydrogen) atoms. The van der Waals surface area contributed by atoms with Crippen LogP contribution in [0.1, 0.15) is 17.2 Å². The second-order valence-corrected chi connectivity index (χ2v) is 4.79. The molecule has 3 heteroatoms. The number of methoxy groups -OCH3 is 1. The third-order valence-electron chi connectivity index (χ3n) is 3.24. The first-order valence-electron chi connectivity index (χ1n) is 6.30. The first kappa shape index (κ1) is 13.9. The molecule has 0 aromatic heterocycles. The predicted molar refractivity (Wildman–Crippen MR) is 80.0 cm³/mol. The summed E-state index contributed by atoms with van der Waals surface area (Å²) < 4.78 is 5.42. The van der Waals surface area contributed by atoms with E-state index in [9.17, 15) is 0 Å². The van der Waals surface area contributed by atoms with Gasteiger partial charge in [0.1, 0.15) is 5.75 Å². The molecule has 0 heterocycles. The predicted octanol–water partition coefficient (Wildman–Crippen LogP) is 3.85. The molecule has 2 aromatic rings. The molecule has 0 aliphatic carbocycles. The first-order valence-corrected chi connectivity index (χ1v) is 6.67. The molecule has 2 rings (SSSR count). The number of halogens is 1. The zero-order valence-corrected chi connectivity index (χ0v) is 11.9. The molecule has 2 aromatic carbocycles. The van der Waals surface area contributed by atoms with Crippen LogP contribution in [0, 0.1) is 0 Å². The van der Waals surface area contributed by atoms with E-state index in [-0.39, 0.29) is 6.04 Å². The normalized spacial score (nSPS) is 12.2. The van der Waals surface area contributed by atoms with Crippen molar-refractivity contribution in [2.45, 2.75) is 12.5 Å². The quantitative estimate of drug-likeness (QED) is 0.895. The van der Waals surface area contributed by atoms with Gasteiger partial charge in [-0.1, -0.05) is 48.0 Å². The largest absolute Gasteiger partial charge is 0.496 e. The Morgan fingerprint density at radius 3 is 2.47 bits per heavy atom. The van der Waals surface area contributed by atoms with E-state index in [1.54, 1.807) is 7.11 Å². The molecule has 2 nitrogen and oxygen atoms in total. The zero-order chi connectivity index (χ0) is 13.7. The minimum Gasteiger partial charge on any atom is -0.496 e. The van der Waals surface area contributed by atoms with Crippen LogP contribution < -0.4 is 10.1 Å². The van der Waals surface area contributed by atoms with E-state index >= 15 is 0 Å². The SMILES string of the molecule is CNC(Cc1ccccc1Cl)c1ccccc1OC. The minimum absolute atomic E-state index is 0.177. The van der Waals surface area contributed by atoms with Crippen molar-refractivity contribution < 1.29 is 4.74 Å². The van der Waals surface area contributed by atoms with Gasteiger partial charge in [0.15, 0.2) is 0 Å². The molecular weight excluding hydrogens is 258 g/mol. The van der Waals surface area contributed by atoms with Gasteiger partial charge in [0.2, 0.25) is 0 Å². The summed E-state index contributed by atoms with van der Waals surface area (Å²) in [7, 11) is 3.65. The van der Waals surface area contributed by atoms with Gasteiger partial charge in [-0.3, -0.25) is 0 Å². The summed E-state index contributed by atoms with van der Waals surface area (Å²) in [6, 6.07) is 16.2. The van der Waals surface area contributed by atoms with Crippen molar-refractivity contribution in [2.75, 3.05) is 14.2 Å². The molecule has 0 saturated heterocycles. The Morgan fingerprint density at radius 1 is 1.11 bits per heavy atom. The lowest BCUT2D eigenvalue weighted by Gasteiger charge is -2.20. The fraction of sp³-hybridized carbons (Fsp3) is 0.250. The zero-order valence-electron chi connectivity index (χ0n) is 11.2. The maximum atomic E-state index is 6.23. The van der Waals surface area contributed by atoms with Crippen LogP contribution in [0.3, 0.4) is 0 Å². The smallest absolute Gasteiger partial charge is 0.123 e. The van der Waals surface area contributed by atoms with E-state index in [2.05, 4.69) is 17.4 Å². The van der Waals surface area contributed by atoms with Crippen molar-refractivity contribution in [1.82, 2.24) is 5.32 Å².